The number of hydrogen-bond donors (Lipinski definition) is 1. The van der Waals surface area contributed by atoms with Crippen molar-refractivity contribution in [2.24, 2.45) is 4.99 Å². The molecule has 4 rings (SSSR count). The van der Waals surface area contributed by atoms with Crippen molar-refractivity contribution in [3.8, 4) is 11.5 Å². The number of thiazole rings is 1. The smallest absolute Gasteiger partial charge is 0.231 e. The summed E-state index contributed by atoms with van der Waals surface area (Å²) >= 11 is 1.75. The van der Waals surface area contributed by atoms with E-state index in [4.69, 9.17) is 9.47 Å². The van der Waals surface area contributed by atoms with Crippen molar-refractivity contribution in [2.45, 2.75) is 26.3 Å². The van der Waals surface area contributed by atoms with Crippen LogP contribution in [0.2, 0.25) is 0 Å². The monoisotopic (exact) mass is 415 g/mol. The summed E-state index contributed by atoms with van der Waals surface area (Å²) in [5, 5.41) is 6.88. The summed E-state index contributed by atoms with van der Waals surface area (Å²) in [4.78, 5) is 13.9. The summed E-state index contributed by atoms with van der Waals surface area (Å²) in [7, 11) is 1.86. The van der Waals surface area contributed by atoms with Gasteiger partial charge in [-0.3, -0.25) is 9.89 Å². The second-order valence-corrected chi connectivity index (χ2v) is 8.20. The Kier molecular flexibility index (Phi) is 6.51. The molecule has 2 aliphatic heterocycles. The number of fused-ring (bicyclic) bond motifs is 1. The van der Waals surface area contributed by atoms with E-state index in [-0.39, 0.29) is 0 Å². The zero-order chi connectivity index (χ0) is 20.1. The van der Waals surface area contributed by atoms with E-state index in [1.165, 1.54) is 16.3 Å². The number of piperazine rings is 1. The van der Waals surface area contributed by atoms with Crippen molar-refractivity contribution in [1.29, 1.82) is 0 Å². The first kappa shape index (κ1) is 20.0. The zero-order valence-electron chi connectivity index (χ0n) is 17.2. The number of aromatic nitrogens is 1. The van der Waals surface area contributed by atoms with Gasteiger partial charge in [0.2, 0.25) is 6.79 Å². The number of hydrogen-bond acceptors (Lipinski definition) is 6. The van der Waals surface area contributed by atoms with E-state index in [1.54, 1.807) is 11.3 Å². The lowest BCUT2D eigenvalue weighted by atomic mass is 10.1. The molecule has 0 bridgehead atoms. The molecule has 0 amide bonds. The van der Waals surface area contributed by atoms with Gasteiger partial charge in [0.25, 0.3) is 0 Å². The van der Waals surface area contributed by atoms with E-state index in [0.717, 1.165) is 69.6 Å². The molecule has 156 valence electrons. The number of guanidine groups is 1. The van der Waals surface area contributed by atoms with Crippen LogP contribution < -0.4 is 14.8 Å². The van der Waals surface area contributed by atoms with Crippen molar-refractivity contribution in [2.75, 3.05) is 46.6 Å². The number of nitrogens with zero attached hydrogens (tertiary/aromatic N) is 4. The van der Waals surface area contributed by atoms with E-state index in [0.29, 0.717) is 6.79 Å². The van der Waals surface area contributed by atoms with Crippen LogP contribution in [0.15, 0.2) is 28.6 Å². The number of benzene rings is 1. The third kappa shape index (κ3) is 5.00. The van der Waals surface area contributed by atoms with Crippen molar-refractivity contribution in [3.05, 3.63) is 39.8 Å². The fourth-order valence-corrected chi connectivity index (χ4v) is 4.46. The van der Waals surface area contributed by atoms with Crippen molar-refractivity contribution in [3.63, 3.8) is 0 Å². The molecule has 1 N–H and O–H groups in total. The van der Waals surface area contributed by atoms with Gasteiger partial charge in [0, 0.05) is 58.1 Å². The molecule has 1 fully saturated rings. The number of rotatable bonds is 6. The minimum absolute atomic E-state index is 0.325. The molecule has 2 aromatic rings. The number of aryl methyl sites for hydroxylation is 1. The molecule has 0 aliphatic carbocycles. The van der Waals surface area contributed by atoms with Gasteiger partial charge in [-0.15, -0.1) is 11.3 Å². The Balaban J connectivity index is 1.22. The molecule has 0 atom stereocenters. The van der Waals surface area contributed by atoms with Crippen LogP contribution in [0.1, 0.15) is 23.2 Å². The van der Waals surface area contributed by atoms with Crippen LogP contribution in [0.25, 0.3) is 0 Å². The first-order valence-corrected chi connectivity index (χ1v) is 11.1. The Morgan fingerprint density at radius 2 is 2.03 bits per heavy atom. The lowest BCUT2D eigenvalue weighted by Gasteiger charge is -2.36. The predicted molar refractivity (Wildman–Crippen MR) is 116 cm³/mol. The highest BCUT2D eigenvalue weighted by molar-refractivity contribution is 7.09. The maximum atomic E-state index is 5.49. The van der Waals surface area contributed by atoms with Gasteiger partial charge in [-0.2, -0.15) is 0 Å². The van der Waals surface area contributed by atoms with Gasteiger partial charge in [0.05, 0.1) is 10.7 Å². The molecule has 29 heavy (non-hydrogen) atoms. The molecule has 7 nitrogen and oxygen atoms in total. The molecular formula is C21H29N5O2S. The first-order chi connectivity index (χ1) is 14.2. The van der Waals surface area contributed by atoms with Crippen LogP contribution in [0.5, 0.6) is 11.5 Å². The number of aliphatic imine (C=N–C) groups is 1. The van der Waals surface area contributed by atoms with Gasteiger partial charge in [-0.1, -0.05) is 13.0 Å². The minimum Gasteiger partial charge on any atom is -0.454 e. The van der Waals surface area contributed by atoms with Gasteiger partial charge in [-0.25, -0.2) is 4.98 Å². The van der Waals surface area contributed by atoms with Crippen LogP contribution in [0.4, 0.5) is 0 Å². The minimum atomic E-state index is 0.325. The summed E-state index contributed by atoms with van der Waals surface area (Å²) in [6.07, 6.45) is 1.94. The van der Waals surface area contributed by atoms with Crippen LogP contribution in [-0.4, -0.2) is 67.3 Å². The molecule has 0 radical (unpaired) electrons. The summed E-state index contributed by atoms with van der Waals surface area (Å²) < 4.78 is 10.9. The lowest BCUT2D eigenvalue weighted by molar-refractivity contribution is 0.171. The number of nitrogens with one attached hydrogen (secondary N) is 1. The highest BCUT2D eigenvalue weighted by Gasteiger charge is 2.20. The van der Waals surface area contributed by atoms with Crippen LogP contribution >= 0.6 is 11.3 Å². The molecule has 8 heteroatoms. The number of ether oxygens (including phenoxy) is 2. The molecule has 2 aliphatic rings. The van der Waals surface area contributed by atoms with E-state index >= 15 is 0 Å². The topological polar surface area (TPSA) is 62.2 Å². The van der Waals surface area contributed by atoms with Crippen LogP contribution in [0, 0.1) is 0 Å². The van der Waals surface area contributed by atoms with Gasteiger partial charge in [0.1, 0.15) is 0 Å². The Morgan fingerprint density at radius 3 is 2.79 bits per heavy atom. The molecule has 1 aromatic carbocycles. The van der Waals surface area contributed by atoms with Gasteiger partial charge < -0.3 is 19.7 Å². The average molecular weight is 416 g/mol. The van der Waals surface area contributed by atoms with E-state index in [9.17, 15) is 0 Å². The fraction of sp³-hybridized carbons (Fsp3) is 0.524. The highest BCUT2D eigenvalue weighted by atomic mass is 32.1. The molecule has 1 saturated heterocycles. The molecule has 3 heterocycles. The van der Waals surface area contributed by atoms with Gasteiger partial charge in [0.15, 0.2) is 17.5 Å². The quantitative estimate of drug-likeness (QED) is 0.577. The summed E-state index contributed by atoms with van der Waals surface area (Å²) in [6, 6.07) is 6.23. The Hall–Kier alpha value is -2.32. The van der Waals surface area contributed by atoms with Crippen LogP contribution in [0.3, 0.4) is 0 Å². The Labute approximate surface area is 176 Å². The molecular weight excluding hydrogens is 386 g/mol. The molecule has 0 saturated carbocycles. The lowest BCUT2D eigenvalue weighted by Crippen LogP contribution is -2.52. The summed E-state index contributed by atoms with van der Waals surface area (Å²) in [6.45, 7) is 8.24. The standard InChI is InChI=1S/C21H29N5O2S/c1-3-20-24-17(14-29-20)6-7-23-21(22-2)26-10-8-25(9-11-26)13-16-4-5-18-19(12-16)28-15-27-18/h4-5,12,14H,3,6-11,13,15H2,1-2H3,(H,22,23). The average Bonchev–Trinajstić information content (AvgIpc) is 3.41. The van der Waals surface area contributed by atoms with Crippen molar-refractivity contribution >= 4 is 17.3 Å². The fourth-order valence-electron chi connectivity index (χ4n) is 3.68. The zero-order valence-corrected chi connectivity index (χ0v) is 18.0. The Bertz CT molecular complexity index is 845. The maximum Gasteiger partial charge on any atom is 0.231 e. The summed E-state index contributed by atoms with van der Waals surface area (Å²) in [5.74, 6) is 2.69. The van der Waals surface area contributed by atoms with E-state index < -0.39 is 0 Å². The van der Waals surface area contributed by atoms with Crippen molar-refractivity contribution < 1.29 is 9.47 Å². The molecule has 0 spiro atoms. The predicted octanol–water partition coefficient (Wildman–Crippen LogP) is 2.37. The normalized spacial score (nSPS) is 17.0. The van der Waals surface area contributed by atoms with Crippen molar-refractivity contribution in [1.82, 2.24) is 20.1 Å². The van der Waals surface area contributed by atoms with E-state index in [2.05, 4.69) is 49.5 Å². The summed E-state index contributed by atoms with van der Waals surface area (Å²) in [5.41, 5.74) is 2.43. The van der Waals surface area contributed by atoms with Crippen LogP contribution in [-0.2, 0) is 19.4 Å². The van der Waals surface area contributed by atoms with Gasteiger partial charge >= 0.3 is 0 Å². The Morgan fingerprint density at radius 1 is 1.21 bits per heavy atom. The molecule has 1 aromatic heterocycles. The van der Waals surface area contributed by atoms with E-state index in [1.807, 2.05) is 13.1 Å². The maximum absolute atomic E-state index is 5.49. The SMILES string of the molecule is CCc1nc(CCNC(=NC)N2CCN(Cc3ccc4c(c3)OCO4)CC2)cs1. The highest BCUT2D eigenvalue weighted by Crippen LogP contribution is 2.32. The second-order valence-electron chi connectivity index (χ2n) is 7.26. The first-order valence-electron chi connectivity index (χ1n) is 10.2. The van der Waals surface area contributed by atoms with Gasteiger partial charge in [-0.05, 0) is 24.1 Å². The third-order valence-electron chi connectivity index (χ3n) is 5.29. The molecule has 0 unspecified atom stereocenters. The largest absolute Gasteiger partial charge is 0.454 e. The second kappa shape index (κ2) is 9.45. The third-order valence-corrected chi connectivity index (χ3v) is 6.33.